The molecule has 10 nitrogen and oxygen atoms in total. The highest BCUT2D eigenvalue weighted by molar-refractivity contribution is 5.93. The summed E-state index contributed by atoms with van der Waals surface area (Å²) in [6, 6.07) is 3.60. The number of nitrogens with zero attached hydrogens (tertiary/aromatic N) is 4. The van der Waals surface area contributed by atoms with Gasteiger partial charge in [0.05, 0.1) is 12.2 Å². The van der Waals surface area contributed by atoms with Crippen molar-refractivity contribution in [2.75, 3.05) is 44.2 Å². The van der Waals surface area contributed by atoms with Gasteiger partial charge in [0.1, 0.15) is 5.82 Å². The van der Waals surface area contributed by atoms with Gasteiger partial charge in [-0.25, -0.2) is 10.0 Å². The Morgan fingerprint density at radius 1 is 0.944 bits per heavy atom. The second-order valence-electron chi connectivity index (χ2n) is 9.58. The zero-order valence-corrected chi connectivity index (χ0v) is 21.7. The monoisotopic (exact) mass is 507 g/mol. The first-order valence-electron chi connectivity index (χ1n) is 13.8. The van der Waals surface area contributed by atoms with E-state index in [1.165, 1.54) is 51.4 Å². The number of piperazine rings is 1. The topological polar surface area (TPSA) is 121 Å². The molecule has 204 valence electrons. The van der Waals surface area contributed by atoms with Crippen LogP contribution in [0.15, 0.2) is 18.3 Å². The molecule has 0 atom stereocenters. The van der Waals surface area contributed by atoms with Crippen molar-refractivity contribution in [3.63, 3.8) is 0 Å². The van der Waals surface area contributed by atoms with E-state index in [4.69, 9.17) is 0 Å². The first-order chi connectivity index (χ1) is 17.6. The standard InChI is InChI=1S/C26H45N5O5/c32-26(24-15-16-25(28-23-24)29-20-17-27-18-21-29)30(33)19-13-11-9-7-5-3-1-2-4-6-8-10-12-14-22-36-31(34)35/h15-16,23,27,33H,1-14,17-22H2. The van der Waals surface area contributed by atoms with Gasteiger partial charge in [-0.1, -0.05) is 77.0 Å². The second-order valence-corrected chi connectivity index (χ2v) is 9.58. The van der Waals surface area contributed by atoms with Gasteiger partial charge < -0.3 is 15.1 Å². The van der Waals surface area contributed by atoms with Crippen molar-refractivity contribution in [2.24, 2.45) is 0 Å². The van der Waals surface area contributed by atoms with Crippen LogP contribution < -0.4 is 10.2 Å². The fourth-order valence-electron chi connectivity index (χ4n) is 4.47. The van der Waals surface area contributed by atoms with Crippen molar-refractivity contribution in [1.29, 1.82) is 0 Å². The van der Waals surface area contributed by atoms with E-state index in [1.807, 2.05) is 6.07 Å². The maximum atomic E-state index is 12.4. The van der Waals surface area contributed by atoms with Gasteiger partial charge in [-0.05, 0) is 25.0 Å². The van der Waals surface area contributed by atoms with Crippen LogP contribution in [-0.4, -0.2) is 65.6 Å². The number of amides is 1. The van der Waals surface area contributed by atoms with Crippen LogP contribution in [0, 0.1) is 10.1 Å². The fourth-order valence-corrected chi connectivity index (χ4v) is 4.47. The number of aromatic nitrogens is 1. The molecule has 0 radical (unpaired) electrons. The average molecular weight is 508 g/mol. The molecule has 0 unspecified atom stereocenters. The lowest BCUT2D eigenvalue weighted by Crippen LogP contribution is -2.43. The molecule has 1 fully saturated rings. The van der Waals surface area contributed by atoms with Gasteiger partial charge in [0.15, 0.2) is 0 Å². The Hall–Kier alpha value is -2.46. The van der Waals surface area contributed by atoms with Crippen LogP contribution in [0.5, 0.6) is 0 Å². The number of hydrogen-bond acceptors (Lipinski definition) is 8. The van der Waals surface area contributed by atoms with Crippen LogP contribution in [0.3, 0.4) is 0 Å². The molecule has 0 aliphatic carbocycles. The number of unbranched alkanes of at least 4 members (excludes halogenated alkanes) is 13. The average Bonchev–Trinajstić information content (AvgIpc) is 2.90. The fraction of sp³-hybridized carbons (Fsp3) is 0.769. The van der Waals surface area contributed by atoms with Crippen LogP contribution >= 0.6 is 0 Å². The number of carbonyl (C=O) groups excluding carboxylic acids is 1. The zero-order chi connectivity index (χ0) is 25.8. The Bertz CT molecular complexity index is 728. The minimum atomic E-state index is -0.723. The number of hydrogen-bond donors (Lipinski definition) is 2. The lowest BCUT2D eigenvalue weighted by molar-refractivity contribution is -0.757. The smallest absolute Gasteiger partial charge is 0.294 e. The van der Waals surface area contributed by atoms with Gasteiger partial charge in [0.25, 0.3) is 11.0 Å². The van der Waals surface area contributed by atoms with Gasteiger partial charge in [0.2, 0.25) is 0 Å². The molecule has 1 aliphatic heterocycles. The lowest BCUT2D eigenvalue weighted by atomic mass is 10.0. The molecule has 10 heteroatoms. The molecular weight excluding hydrogens is 462 g/mol. The first kappa shape index (κ1) is 29.8. The summed E-state index contributed by atoms with van der Waals surface area (Å²) in [4.78, 5) is 33.4. The minimum absolute atomic E-state index is 0.215. The Kier molecular flexibility index (Phi) is 15.5. The molecule has 1 saturated heterocycles. The Morgan fingerprint density at radius 2 is 1.47 bits per heavy atom. The van der Waals surface area contributed by atoms with E-state index < -0.39 is 11.0 Å². The number of pyridine rings is 1. The van der Waals surface area contributed by atoms with Crippen molar-refractivity contribution < 1.29 is 19.9 Å². The molecule has 1 aromatic rings. The molecule has 1 aliphatic rings. The molecule has 0 bridgehead atoms. The van der Waals surface area contributed by atoms with Crippen molar-refractivity contribution >= 4 is 11.7 Å². The normalized spacial score (nSPS) is 13.5. The van der Waals surface area contributed by atoms with E-state index >= 15 is 0 Å². The van der Waals surface area contributed by atoms with Crippen molar-refractivity contribution in [3.05, 3.63) is 34.0 Å². The molecule has 1 aromatic heterocycles. The van der Waals surface area contributed by atoms with Gasteiger partial charge >= 0.3 is 0 Å². The third-order valence-electron chi connectivity index (χ3n) is 6.63. The van der Waals surface area contributed by atoms with Gasteiger partial charge in [-0.15, -0.1) is 10.1 Å². The highest BCUT2D eigenvalue weighted by atomic mass is 16.9. The number of carbonyl (C=O) groups is 1. The summed E-state index contributed by atoms with van der Waals surface area (Å²) in [5.41, 5.74) is 0.415. The van der Waals surface area contributed by atoms with Crippen molar-refractivity contribution in [2.45, 2.75) is 89.9 Å². The summed E-state index contributed by atoms with van der Waals surface area (Å²) < 4.78 is 0. The third-order valence-corrected chi connectivity index (χ3v) is 6.63. The molecule has 0 saturated carbocycles. The molecule has 2 N–H and O–H groups in total. The second kappa shape index (κ2) is 18.8. The lowest BCUT2D eigenvalue weighted by Gasteiger charge is -2.28. The number of anilines is 1. The zero-order valence-electron chi connectivity index (χ0n) is 21.7. The van der Waals surface area contributed by atoms with Crippen LogP contribution in [0.4, 0.5) is 5.82 Å². The van der Waals surface area contributed by atoms with E-state index in [0.717, 1.165) is 75.6 Å². The summed E-state index contributed by atoms with van der Waals surface area (Å²) in [6.07, 6.45) is 17.3. The van der Waals surface area contributed by atoms with Crippen LogP contribution in [0.1, 0.15) is 100 Å². The van der Waals surface area contributed by atoms with Gasteiger partial charge in [-0.2, -0.15) is 0 Å². The molecule has 0 aromatic carbocycles. The summed E-state index contributed by atoms with van der Waals surface area (Å²) in [6.45, 7) is 4.24. The molecule has 0 spiro atoms. The largest absolute Gasteiger partial charge is 0.354 e. The van der Waals surface area contributed by atoms with Crippen molar-refractivity contribution in [3.8, 4) is 0 Å². The quantitative estimate of drug-likeness (QED) is 0.110. The Balaban J connectivity index is 1.39. The molecule has 1 amide bonds. The SMILES string of the molecule is O=C(c1ccc(N2CCNCC2)nc1)N(O)CCCCCCCCCCCCCCCCO[N+](=O)[O-]. The molecule has 2 heterocycles. The highest BCUT2D eigenvalue weighted by Gasteiger charge is 2.16. The molecular formula is C26H45N5O5. The van der Waals surface area contributed by atoms with E-state index in [2.05, 4.69) is 20.0 Å². The third kappa shape index (κ3) is 13.0. The summed E-state index contributed by atoms with van der Waals surface area (Å²) in [5, 5.41) is 23.6. The minimum Gasteiger partial charge on any atom is -0.354 e. The molecule has 2 rings (SSSR count). The maximum absolute atomic E-state index is 12.4. The van der Waals surface area contributed by atoms with Crippen LogP contribution in [0.25, 0.3) is 0 Å². The van der Waals surface area contributed by atoms with E-state index in [1.54, 1.807) is 12.3 Å². The number of hydroxylamine groups is 2. The maximum Gasteiger partial charge on any atom is 0.294 e. The number of nitrogens with one attached hydrogen (secondary N) is 1. The summed E-state index contributed by atoms with van der Waals surface area (Å²) in [5.74, 6) is 0.478. The van der Waals surface area contributed by atoms with Crippen LogP contribution in [0.2, 0.25) is 0 Å². The summed E-state index contributed by atoms with van der Waals surface area (Å²) >= 11 is 0. The molecule has 36 heavy (non-hydrogen) atoms. The van der Waals surface area contributed by atoms with Gasteiger partial charge in [-0.3, -0.25) is 10.0 Å². The predicted molar refractivity (Wildman–Crippen MR) is 140 cm³/mol. The highest BCUT2D eigenvalue weighted by Crippen LogP contribution is 2.15. The van der Waals surface area contributed by atoms with E-state index in [-0.39, 0.29) is 6.61 Å². The van der Waals surface area contributed by atoms with Crippen LogP contribution in [-0.2, 0) is 4.84 Å². The Morgan fingerprint density at radius 3 is 1.97 bits per heavy atom. The Labute approximate surface area is 215 Å². The first-order valence-corrected chi connectivity index (χ1v) is 13.8. The van der Waals surface area contributed by atoms with E-state index in [9.17, 15) is 20.1 Å². The van der Waals surface area contributed by atoms with Gasteiger partial charge in [0, 0.05) is 38.9 Å². The number of rotatable bonds is 20. The summed E-state index contributed by atoms with van der Waals surface area (Å²) in [7, 11) is 0. The van der Waals surface area contributed by atoms with Crippen molar-refractivity contribution in [1.82, 2.24) is 15.4 Å². The van der Waals surface area contributed by atoms with E-state index in [0.29, 0.717) is 12.1 Å². The predicted octanol–water partition coefficient (Wildman–Crippen LogP) is 4.99.